The van der Waals surface area contributed by atoms with E-state index >= 15 is 0 Å². The molecule has 3 heterocycles. The fourth-order valence-electron chi connectivity index (χ4n) is 4.65. The maximum Gasteiger partial charge on any atom is 0.231 e. The minimum absolute atomic E-state index is 0.0466. The number of aliphatic hydroxyl groups excluding tert-OH is 1. The van der Waals surface area contributed by atoms with Crippen molar-refractivity contribution in [2.75, 3.05) is 67.7 Å². The molecule has 0 saturated carbocycles. The number of hydrogen-bond acceptors (Lipinski definition) is 8. The summed E-state index contributed by atoms with van der Waals surface area (Å²) in [6.07, 6.45) is 2.56. The first-order valence-corrected chi connectivity index (χ1v) is 12.5. The van der Waals surface area contributed by atoms with Gasteiger partial charge in [0.1, 0.15) is 0 Å². The number of morpholine rings is 1. The van der Waals surface area contributed by atoms with E-state index in [0.29, 0.717) is 12.5 Å². The van der Waals surface area contributed by atoms with E-state index in [9.17, 15) is 9.90 Å². The second-order valence-corrected chi connectivity index (χ2v) is 8.99. The van der Waals surface area contributed by atoms with Crippen LogP contribution in [0.5, 0.6) is 0 Å². The maximum atomic E-state index is 13.0. The molecule has 9 nitrogen and oxygen atoms in total. The van der Waals surface area contributed by atoms with Crippen LogP contribution in [0.15, 0.2) is 60.8 Å². The Bertz CT molecular complexity index is 1140. The SMILES string of the molecule is O=C([C@H]1CCNC1)N(CCO)c1ccc(-c2ccnc(Nc3ccc(N4CCOCC4)cc3)n2)cc1. The highest BCUT2D eigenvalue weighted by molar-refractivity contribution is 5.95. The number of anilines is 4. The van der Waals surface area contributed by atoms with Gasteiger partial charge in [0.15, 0.2) is 0 Å². The fraction of sp³-hybridized carbons (Fsp3) is 0.370. The summed E-state index contributed by atoms with van der Waals surface area (Å²) in [6, 6.07) is 17.8. The minimum Gasteiger partial charge on any atom is -0.395 e. The molecule has 0 aliphatic carbocycles. The highest BCUT2D eigenvalue weighted by Gasteiger charge is 2.27. The first-order chi connectivity index (χ1) is 17.7. The van der Waals surface area contributed by atoms with Gasteiger partial charge in [-0.05, 0) is 55.4 Å². The van der Waals surface area contributed by atoms with Gasteiger partial charge in [-0.15, -0.1) is 0 Å². The summed E-state index contributed by atoms with van der Waals surface area (Å²) < 4.78 is 5.43. The average molecular weight is 489 g/mol. The highest BCUT2D eigenvalue weighted by atomic mass is 16.5. The largest absolute Gasteiger partial charge is 0.395 e. The van der Waals surface area contributed by atoms with Gasteiger partial charge in [0.2, 0.25) is 11.9 Å². The maximum absolute atomic E-state index is 13.0. The van der Waals surface area contributed by atoms with Gasteiger partial charge in [0, 0.05) is 55.0 Å². The summed E-state index contributed by atoms with van der Waals surface area (Å²) in [5, 5.41) is 16.0. The number of amides is 1. The smallest absolute Gasteiger partial charge is 0.231 e. The van der Waals surface area contributed by atoms with Gasteiger partial charge in [-0.25, -0.2) is 9.97 Å². The Kier molecular flexibility index (Phi) is 7.70. The summed E-state index contributed by atoms with van der Waals surface area (Å²) in [4.78, 5) is 26.0. The molecule has 0 unspecified atom stereocenters. The number of carbonyl (C=O) groups excluding carboxylic acids is 1. The molecule has 0 radical (unpaired) electrons. The molecule has 2 saturated heterocycles. The molecular formula is C27H32N6O3. The van der Waals surface area contributed by atoms with Crippen LogP contribution in [0.4, 0.5) is 23.0 Å². The number of rotatable bonds is 8. The van der Waals surface area contributed by atoms with Gasteiger partial charge in [-0.1, -0.05) is 12.1 Å². The molecule has 2 aliphatic heterocycles. The molecule has 188 valence electrons. The van der Waals surface area contributed by atoms with Crippen LogP contribution in [0, 0.1) is 5.92 Å². The molecule has 1 atom stereocenters. The predicted molar refractivity (Wildman–Crippen MR) is 141 cm³/mol. The van der Waals surface area contributed by atoms with E-state index < -0.39 is 0 Å². The van der Waals surface area contributed by atoms with E-state index in [-0.39, 0.29) is 25.0 Å². The molecule has 3 aromatic rings. The van der Waals surface area contributed by atoms with E-state index in [1.54, 1.807) is 11.1 Å². The van der Waals surface area contributed by atoms with Crippen LogP contribution in [-0.2, 0) is 9.53 Å². The second-order valence-electron chi connectivity index (χ2n) is 8.99. The van der Waals surface area contributed by atoms with Crippen molar-refractivity contribution < 1.29 is 14.6 Å². The molecule has 2 aromatic carbocycles. The number of ether oxygens (including phenoxy) is 1. The molecule has 5 rings (SSSR count). The van der Waals surface area contributed by atoms with Crippen molar-refractivity contribution in [1.82, 2.24) is 15.3 Å². The van der Waals surface area contributed by atoms with E-state index in [2.05, 4.69) is 37.6 Å². The van der Waals surface area contributed by atoms with Gasteiger partial charge in [-0.2, -0.15) is 0 Å². The lowest BCUT2D eigenvalue weighted by atomic mass is 10.1. The monoisotopic (exact) mass is 488 g/mol. The third-order valence-electron chi connectivity index (χ3n) is 6.63. The number of nitrogens with one attached hydrogen (secondary N) is 2. The predicted octanol–water partition coefficient (Wildman–Crippen LogP) is 2.66. The zero-order valence-corrected chi connectivity index (χ0v) is 20.3. The molecule has 2 aliphatic rings. The Morgan fingerprint density at radius 2 is 1.89 bits per heavy atom. The van der Waals surface area contributed by atoms with Crippen LogP contribution in [-0.4, -0.2) is 73.5 Å². The first kappa shape index (κ1) is 24.2. The molecule has 3 N–H and O–H groups in total. The quantitative estimate of drug-likeness (QED) is 0.445. The van der Waals surface area contributed by atoms with Crippen molar-refractivity contribution >= 4 is 28.9 Å². The number of aliphatic hydroxyl groups is 1. The summed E-state index contributed by atoms with van der Waals surface area (Å²) in [5.74, 6) is 0.520. The van der Waals surface area contributed by atoms with E-state index in [1.165, 1.54) is 5.69 Å². The highest BCUT2D eigenvalue weighted by Crippen LogP contribution is 2.26. The van der Waals surface area contributed by atoms with Gasteiger partial charge < -0.3 is 30.3 Å². The molecule has 1 amide bonds. The average Bonchev–Trinajstić information content (AvgIpc) is 3.48. The minimum atomic E-state index is -0.0813. The van der Waals surface area contributed by atoms with Crippen LogP contribution in [0.1, 0.15) is 6.42 Å². The molecule has 0 spiro atoms. The van der Waals surface area contributed by atoms with Gasteiger partial charge in [0.05, 0.1) is 31.4 Å². The van der Waals surface area contributed by atoms with Crippen LogP contribution in [0.25, 0.3) is 11.3 Å². The topological polar surface area (TPSA) is 103 Å². The Labute approximate surface area is 211 Å². The zero-order chi connectivity index (χ0) is 24.7. The lowest BCUT2D eigenvalue weighted by Gasteiger charge is -2.28. The third-order valence-corrected chi connectivity index (χ3v) is 6.63. The van der Waals surface area contributed by atoms with E-state index in [1.807, 2.05) is 42.5 Å². The van der Waals surface area contributed by atoms with Crippen molar-refractivity contribution in [3.63, 3.8) is 0 Å². The van der Waals surface area contributed by atoms with Gasteiger partial charge >= 0.3 is 0 Å². The zero-order valence-electron chi connectivity index (χ0n) is 20.3. The fourth-order valence-corrected chi connectivity index (χ4v) is 4.65. The van der Waals surface area contributed by atoms with Crippen molar-refractivity contribution in [2.24, 2.45) is 5.92 Å². The molecule has 2 fully saturated rings. The summed E-state index contributed by atoms with van der Waals surface area (Å²) in [6.45, 7) is 5.06. The standard InChI is InChI=1S/C27H32N6O3/c34-16-13-33(26(35)21-9-11-28-19-21)24-5-1-20(2-6-24)25-10-12-29-27(31-25)30-22-3-7-23(8-4-22)32-14-17-36-18-15-32/h1-8,10,12,21,28,34H,9,11,13-19H2,(H,29,30,31)/t21-/m0/s1. The molecule has 1 aromatic heterocycles. The first-order valence-electron chi connectivity index (χ1n) is 12.5. The van der Waals surface area contributed by atoms with E-state index in [4.69, 9.17) is 4.74 Å². The van der Waals surface area contributed by atoms with E-state index in [0.717, 1.165) is 61.9 Å². The Morgan fingerprint density at radius 1 is 1.11 bits per heavy atom. The third kappa shape index (κ3) is 5.64. The van der Waals surface area contributed by atoms with Crippen LogP contribution < -0.4 is 20.4 Å². The Hall–Kier alpha value is -3.53. The molecule has 36 heavy (non-hydrogen) atoms. The van der Waals surface area contributed by atoms with Crippen LogP contribution >= 0.6 is 0 Å². The summed E-state index contributed by atoms with van der Waals surface area (Å²) in [5.41, 5.74) is 4.57. The molecular weight excluding hydrogens is 456 g/mol. The Balaban J connectivity index is 1.27. The molecule has 0 bridgehead atoms. The summed E-state index contributed by atoms with van der Waals surface area (Å²) >= 11 is 0. The van der Waals surface area contributed by atoms with Crippen LogP contribution in [0.2, 0.25) is 0 Å². The van der Waals surface area contributed by atoms with Gasteiger partial charge in [0.25, 0.3) is 0 Å². The normalized spacial score (nSPS) is 17.7. The number of benzene rings is 2. The number of carbonyl (C=O) groups is 1. The van der Waals surface area contributed by atoms with Crippen molar-refractivity contribution in [3.05, 3.63) is 60.8 Å². The lowest BCUT2D eigenvalue weighted by molar-refractivity contribution is -0.121. The van der Waals surface area contributed by atoms with Crippen molar-refractivity contribution in [3.8, 4) is 11.3 Å². The second kappa shape index (κ2) is 11.5. The number of hydrogen-bond donors (Lipinski definition) is 3. The van der Waals surface area contributed by atoms with Crippen LogP contribution in [0.3, 0.4) is 0 Å². The lowest BCUT2D eigenvalue weighted by Crippen LogP contribution is -2.39. The summed E-state index contributed by atoms with van der Waals surface area (Å²) in [7, 11) is 0. The van der Waals surface area contributed by atoms with Crippen molar-refractivity contribution in [2.45, 2.75) is 6.42 Å². The number of nitrogens with zero attached hydrogens (tertiary/aromatic N) is 4. The van der Waals surface area contributed by atoms with Crippen molar-refractivity contribution in [1.29, 1.82) is 0 Å². The molecule has 9 heteroatoms. The van der Waals surface area contributed by atoms with Gasteiger partial charge in [-0.3, -0.25) is 4.79 Å². The Morgan fingerprint density at radius 3 is 2.58 bits per heavy atom. The number of aromatic nitrogens is 2.